The summed E-state index contributed by atoms with van der Waals surface area (Å²) in [6.45, 7) is -0.695. The lowest BCUT2D eigenvalue weighted by molar-refractivity contribution is -0.301. The van der Waals surface area contributed by atoms with Crippen LogP contribution in [0.1, 0.15) is 22.3 Å². The van der Waals surface area contributed by atoms with Gasteiger partial charge in [-0.05, 0) is 95.1 Å². The van der Waals surface area contributed by atoms with Crippen LogP contribution in [0.5, 0.6) is 46.0 Å². The molecular weight excluding hydrogens is 804 g/mol. The van der Waals surface area contributed by atoms with Crippen LogP contribution in [0.15, 0.2) is 97.1 Å². The van der Waals surface area contributed by atoms with Gasteiger partial charge in [-0.2, -0.15) is 0 Å². The highest BCUT2D eigenvalue weighted by Gasteiger charge is 2.53. The van der Waals surface area contributed by atoms with Crippen LogP contribution in [-0.2, 0) is 47.6 Å². The number of phenolic OH excluding ortho intramolecular Hbond substituents is 8. The normalized spacial score (nSPS) is 19.0. The van der Waals surface area contributed by atoms with Crippen molar-refractivity contribution in [3.8, 4) is 46.0 Å². The molecule has 0 spiro atoms. The van der Waals surface area contributed by atoms with Crippen molar-refractivity contribution in [1.82, 2.24) is 0 Å². The molecule has 5 rings (SSSR count). The largest absolute Gasteiger partial charge is 0.504 e. The van der Waals surface area contributed by atoms with Crippen molar-refractivity contribution in [1.29, 1.82) is 0 Å². The topological polar surface area (TPSA) is 285 Å². The lowest BCUT2D eigenvalue weighted by Gasteiger charge is -2.43. The molecule has 1 heterocycles. The predicted molar refractivity (Wildman–Crippen MR) is 211 cm³/mol. The number of carbonyl (C=O) groups excluding carboxylic acids is 4. The minimum atomic E-state index is -1.78. The summed E-state index contributed by atoms with van der Waals surface area (Å²) >= 11 is 0. The Morgan fingerprint density at radius 2 is 0.803 bits per heavy atom. The van der Waals surface area contributed by atoms with Crippen molar-refractivity contribution in [3.63, 3.8) is 0 Å². The van der Waals surface area contributed by atoms with Crippen LogP contribution >= 0.6 is 0 Å². The average Bonchev–Trinajstić information content (AvgIpc) is 3.23. The molecule has 8 N–H and O–H groups in total. The van der Waals surface area contributed by atoms with Gasteiger partial charge < -0.3 is 69.3 Å². The van der Waals surface area contributed by atoms with Crippen LogP contribution in [-0.4, -0.2) is 109 Å². The zero-order chi connectivity index (χ0) is 44.2. The number of aromatic hydroxyl groups is 8. The van der Waals surface area contributed by atoms with E-state index in [-0.39, 0.29) is 22.4 Å². The molecule has 0 unspecified atom stereocenters. The van der Waals surface area contributed by atoms with Gasteiger partial charge in [0.15, 0.2) is 70.6 Å². The van der Waals surface area contributed by atoms with Crippen molar-refractivity contribution in [2.24, 2.45) is 0 Å². The minimum Gasteiger partial charge on any atom is -0.504 e. The number of hydrogen-bond donors (Lipinski definition) is 8. The summed E-state index contributed by atoms with van der Waals surface area (Å²) in [4.78, 5) is 53.0. The number of hydrogen-bond acceptors (Lipinski definition) is 18. The Balaban J connectivity index is 1.47. The Bertz CT molecular complexity index is 2380. The summed E-state index contributed by atoms with van der Waals surface area (Å²) in [7, 11) is 1.15. The maximum atomic E-state index is 13.4. The standard InChI is InChI=1S/C43H38O18/c1-56-43-42(61-39(55)17-9-26-5-13-30(47)34(51)21-26)41(60-38(54)16-8-25-4-12-29(46)33(50)20-25)40(59-37(53)15-7-24-3-11-28(45)32(49)19-24)35(58-43)22-57-36(52)14-6-23-2-10-27(44)31(48)18-23/h2-21,35,40-51H,22H2,1H3/b14-6+,15-7+,16-8+,17-9+/t35-,40-,41+,42-,43+/m1/s1. The van der Waals surface area contributed by atoms with Crippen LogP contribution in [0.4, 0.5) is 0 Å². The second kappa shape index (κ2) is 20.1. The zero-order valence-corrected chi connectivity index (χ0v) is 31.8. The van der Waals surface area contributed by atoms with Gasteiger partial charge in [-0.25, -0.2) is 19.2 Å². The zero-order valence-electron chi connectivity index (χ0n) is 31.8. The molecule has 318 valence electrons. The van der Waals surface area contributed by atoms with Crippen LogP contribution in [0, 0.1) is 0 Å². The molecule has 18 heteroatoms. The third kappa shape index (κ3) is 12.3. The van der Waals surface area contributed by atoms with Crippen molar-refractivity contribution < 1.29 is 88.5 Å². The molecule has 0 amide bonds. The fourth-order valence-electron chi connectivity index (χ4n) is 5.57. The molecule has 0 radical (unpaired) electrons. The highest BCUT2D eigenvalue weighted by molar-refractivity contribution is 5.90. The van der Waals surface area contributed by atoms with E-state index >= 15 is 0 Å². The van der Waals surface area contributed by atoms with Gasteiger partial charge >= 0.3 is 23.9 Å². The van der Waals surface area contributed by atoms with E-state index in [1.54, 1.807) is 0 Å². The summed E-state index contributed by atoms with van der Waals surface area (Å²) in [5, 5.41) is 78.0. The van der Waals surface area contributed by atoms with Crippen molar-refractivity contribution in [2.45, 2.75) is 30.7 Å². The quantitative estimate of drug-likeness (QED) is 0.0383. The maximum Gasteiger partial charge on any atom is 0.331 e. The summed E-state index contributed by atoms with van der Waals surface area (Å²) in [5.74, 6) is -7.78. The lowest BCUT2D eigenvalue weighted by Crippen LogP contribution is -2.62. The Kier molecular flexibility index (Phi) is 14.6. The third-order valence-electron chi connectivity index (χ3n) is 8.62. The summed E-state index contributed by atoms with van der Waals surface area (Å²) in [5.41, 5.74) is 1.07. The molecule has 18 nitrogen and oxygen atoms in total. The molecule has 4 aromatic rings. The number of rotatable bonds is 14. The van der Waals surface area contributed by atoms with Crippen molar-refractivity contribution in [2.75, 3.05) is 13.7 Å². The second-order valence-electron chi connectivity index (χ2n) is 12.9. The van der Waals surface area contributed by atoms with E-state index in [1.807, 2.05) is 0 Å². The summed E-state index contributed by atoms with van der Waals surface area (Å²) in [6.07, 6.45) is 0.319. The molecule has 0 aliphatic carbocycles. The van der Waals surface area contributed by atoms with Crippen LogP contribution in [0.2, 0.25) is 0 Å². The van der Waals surface area contributed by atoms with Crippen molar-refractivity contribution in [3.05, 3.63) is 119 Å². The molecule has 5 atom stereocenters. The fraction of sp³-hybridized carbons (Fsp3) is 0.163. The van der Waals surface area contributed by atoms with Gasteiger partial charge in [-0.1, -0.05) is 24.3 Å². The SMILES string of the molecule is CO[C@H]1O[C@H](COC(=O)/C=C/c2ccc(O)c(O)c2)[C@@H](OC(=O)/C=C/c2ccc(O)c(O)c2)[C@H](OC(=O)/C=C/c2ccc(O)c(O)c2)[C@H]1OC(=O)/C=C/c1ccc(O)c(O)c1. The molecule has 1 aliphatic rings. The number of benzene rings is 4. The first-order valence-corrected chi connectivity index (χ1v) is 17.9. The monoisotopic (exact) mass is 842 g/mol. The Hall–Kier alpha value is -7.96. The summed E-state index contributed by atoms with van der Waals surface area (Å²) in [6, 6.07) is 14.9. The first-order chi connectivity index (χ1) is 29.1. The van der Waals surface area contributed by atoms with Gasteiger partial charge in [-0.3, -0.25) is 0 Å². The van der Waals surface area contributed by atoms with E-state index < -0.39 is 101 Å². The lowest BCUT2D eigenvalue weighted by atomic mass is 9.98. The molecule has 0 aromatic heterocycles. The van der Waals surface area contributed by atoms with E-state index in [0.29, 0.717) is 5.56 Å². The number of ether oxygens (including phenoxy) is 6. The van der Waals surface area contributed by atoms with E-state index in [4.69, 9.17) is 28.4 Å². The number of esters is 4. The first-order valence-electron chi connectivity index (χ1n) is 17.9. The van der Waals surface area contributed by atoms with E-state index in [0.717, 1.165) is 49.6 Å². The van der Waals surface area contributed by atoms with E-state index in [2.05, 4.69) is 0 Å². The third-order valence-corrected chi connectivity index (χ3v) is 8.62. The van der Waals surface area contributed by atoms with Crippen LogP contribution in [0.3, 0.4) is 0 Å². The van der Waals surface area contributed by atoms with E-state index in [1.165, 1.54) is 78.9 Å². The molecule has 0 saturated carbocycles. The van der Waals surface area contributed by atoms with Crippen LogP contribution < -0.4 is 0 Å². The molecule has 1 fully saturated rings. The first kappa shape index (κ1) is 44.1. The van der Waals surface area contributed by atoms with Gasteiger partial charge in [0.2, 0.25) is 0 Å². The fourth-order valence-corrected chi connectivity index (χ4v) is 5.57. The Morgan fingerprint density at radius 1 is 0.475 bits per heavy atom. The highest BCUT2D eigenvalue weighted by atomic mass is 16.7. The van der Waals surface area contributed by atoms with E-state index in [9.17, 15) is 60.0 Å². The predicted octanol–water partition coefficient (Wildman–Crippen LogP) is 4.13. The Morgan fingerprint density at radius 3 is 1.15 bits per heavy atom. The number of carbonyl (C=O) groups is 4. The molecule has 4 aromatic carbocycles. The molecular formula is C43H38O18. The molecule has 1 saturated heterocycles. The second-order valence-corrected chi connectivity index (χ2v) is 12.9. The van der Waals surface area contributed by atoms with Gasteiger partial charge in [-0.15, -0.1) is 0 Å². The Labute approximate surface area is 345 Å². The molecule has 61 heavy (non-hydrogen) atoms. The van der Waals surface area contributed by atoms with Crippen LogP contribution in [0.25, 0.3) is 24.3 Å². The molecule has 0 bridgehead atoms. The van der Waals surface area contributed by atoms with Gasteiger partial charge in [0.25, 0.3) is 0 Å². The summed E-state index contributed by atoms with van der Waals surface area (Å²) < 4.78 is 34.0. The van der Waals surface area contributed by atoms with Gasteiger partial charge in [0.1, 0.15) is 12.7 Å². The number of phenols is 8. The van der Waals surface area contributed by atoms with Crippen molar-refractivity contribution >= 4 is 48.2 Å². The highest BCUT2D eigenvalue weighted by Crippen LogP contribution is 2.32. The van der Waals surface area contributed by atoms with Gasteiger partial charge in [0.05, 0.1) is 0 Å². The average molecular weight is 843 g/mol. The van der Waals surface area contributed by atoms with Gasteiger partial charge in [0, 0.05) is 31.4 Å². The maximum absolute atomic E-state index is 13.4. The smallest absolute Gasteiger partial charge is 0.331 e. The minimum absolute atomic E-state index is 0.246. The number of methoxy groups -OCH3 is 1. The molecule has 1 aliphatic heterocycles.